The van der Waals surface area contributed by atoms with E-state index in [2.05, 4.69) is 19.8 Å². The molecule has 0 unspecified atom stereocenters. The highest BCUT2D eigenvalue weighted by Crippen LogP contribution is 2.10. The molecular weight excluding hydrogens is 268 g/mol. The smallest absolute Gasteiger partial charge is 0.243 e. The van der Waals surface area contributed by atoms with Crippen molar-refractivity contribution in [3.63, 3.8) is 0 Å². The zero-order valence-electron chi connectivity index (χ0n) is 10.7. The van der Waals surface area contributed by atoms with Gasteiger partial charge < -0.3 is 10.0 Å². The lowest BCUT2D eigenvalue weighted by Gasteiger charge is -2.29. The first-order valence-electron chi connectivity index (χ1n) is 6.47. The summed E-state index contributed by atoms with van der Waals surface area (Å²) in [5, 5.41) is 15.5. The SMILES string of the molecule is O=S(=O)(NCCCN1CCC(O)CC1)c1cn[nH]c1. The first-order valence-corrected chi connectivity index (χ1v) is 7.95. The molecule has 8 heteroatoms. The zero-order chi connectivity index (χ0) is 13.7. The lowest BCUT2D eigenvalue weighted by atomic mass is 10.1. The average molecular weight is 288 g/mol. The van der Waals surface area contributed by atoms with E-state index in [1.54, 1.807) is 0 Å². The molecule has 0 amide bonds. The Hall–Kier alpha value is -0.960. The van der Waals surface area contributed by atoms with E-state index in [1.807, 2.05) is 0 Å². The van der Waals surface area contributed by atoms with Crippen molar-refractivity contribution >= 4 is 10.0 Å². The van der Waals surface area contributed by atoms with Gasteiger partial charge in [-0.3, -0.25) is 5.10 Å². The minimum absolute atomic E-state index is 0.161. The summed E-state index contributed by atoms with van der Waals surface area (Å²) in [6.07, 6.45) is 4.84. The molecule has 19 heavy (non-hydrogen) atoms. The maximum absolute atomic E-state index is 11.8. The van der Waals surface area contributed by atoms with Gasteiger partial charge in [-0.25, -0.2) is 13.1 Å². The molecule has 1 aromatic heterocycles. The predicted octanol–water partition coefficient (Wildman–Crippen LogP) is -0.465. The first kappa shape index (κ1) is 14.4. The quantitative estimate of drug-likeness (QED) is 0.615. The number of piperidine rings is 1. The maximum atomic E-state index is 11.8. The van der Waals surface area contributed by atoms with E-state index >= 15 is 0 Å². The van der Waals surface area contributed by atoms with Crippen LogP contribution in [0.25, 0.3) is 0 Å². The van der Waals surface area contributed by atoms with Crippen LogP contribution >= 0.6 is 0 Å². The molecule has 1 fully saturated rings. The Morgan fingerprint density at radius 3 is 2.84 bits per heavy atom. The minimum atomic E-state index is -3.43. The van der Waals surface area contributed by atoms with Gasteiger partial charge in [0.1, 0.15) is 4.90 Å². The van der Waals surface area contributed by atoms with Crippen LogP contribution in [-0.4, -0.2) is 60.9 Å². The summed E-state index contributed by atoms with van der Waals surface area (Å²) in [7, 11) is -3.43. The van der Waals surface area contributed by atoms with Crippen LogP contribution in [0.4, 0.5) is 0 Å². The van der Waals surface area contributed by atoms with Crippen molar-refractivity contribution in [2.75, 3.05) is 26.2 Å². The minimum Gasteiger partial charge on any atom is -0.393 e. The van der Waals surface area contributed by atoms with Crippen LogP contribution in [0.1, 0.15) is 19.3 Å². The average Bonchev–Trinajstić information content (AvgIpc) is 2.91. The van der Waals surface area contributed by atoms with Crippen LogP contribution in [-0.2, 0) is 10.0 Å². The fraction of sp³-hybridized carbons (Fsp3) is 0.727. The van der Waals surface area contributed by atoms with Gasteiger partial charge >= 0.3 is 0 Å². The van der Waals surface area contributed by atoms with E-state index in [9.17, 15) is 13.5 Å². The van der Waals surface area contributed by atoms with E-state index in [0.717, 1.165) is 38.9 Å². The maximum Gasteiger partial charge on any atom is 0.243 e. The number of hydrogen-bond donors (Lipinski definition) is 3. The molecule has 7 nitrogen and oxygen atoms in total. The molecule has 0 bridgehead atoms. The normalized spacial score (nSPS) is 18.8. The van der Waals surface area contributed by atoms with E-state index in [-0.39, 0.29) is 11.0 Å². The fourth-order valence-electron chi connectivity index (χ4n) is 2.12. The number of hydrogen-bond acceptors (Lipinski definition) is 5. The molecule has 0 atom stereocenters. The van der Waals surface area contributed by atoms with E-state index in [1.165, 1.54) is 12.4 Å². The Morgan fingerprint density at radius 1 is 1.47 bits per heavy atom. The zero-order valence-corrected chi connectivity index (χ0v) is 11.6. The van der Waals surface area contributed by atoms with Gasteiger partial charge in [0.2, 0.25) is 10.0 Å². The van der Waals surface area contributed by atoms with Crippen LogP contribution in [0.15, 0.2) is 17.3 Å². The van der Waals surface area contributed by atoms with Gasteiger partial charge in [-0.15, -0.1) is 0 Å². The van der Waals surface area contributed by atoms with E-state index < -0.39 is 10.0 Å². The number of nitrogens with one attached hydrogen (secondary N) is 2. The highest BCUT2D eigenvalue weighted by molar-refractivity contribution is 7.89. The number of H-pyrrole nitrogens is 1. The molecule has 108 valence electrons. The predicted molar refractivity (Wildman–Crippen MR) is 70.1 cm³/mol. The fourth-order valence-corrected chi connectivity index (χ4v) is 3.10. The Labute approximate surface area is 113 Å². The van der Waals surface area contributed by atoms with Crippen molar-refractivity contribution in [1.29, 1.82) is 0 Å². The number of aliphatic hydroxyl groups excluding tert-OH is 1. The Balaban J connectivity index is 1.67. The van der Waals surface area contributed by atoms with Crippen LogP contribution in [0.3, 0.4) is 0 Å². The van der Waals surface area contributed by atoms with E-state index in [0.29, 0.717) is 6.54 Å². The number of nitrogens with zero attached hydrogens (tertiary/aromatic N) is 2. The van der Waals surface area contributed by atoms with Crippen molar-refractivity contribution < 1.29 is 13.5 Å². The van der Waals surface area contributed by atoms with Crippen molar-refractivity contribution in [1.82, 2.24) is 19.8 Å². The molecular formula is C11H20N4O3S. The second-order valence-corrected chi connectivity index (χ2v) is 6.53. The lowest BCUT2D eigenvalue weighted by Crippen LogP contribution is -2.37. The van der Waals surface area contributed by atoms with Gasteiger partial charge in [-0.2, -0.15) is 5.10 Å². The van der Waals surface area contributed by atoms with Gasteiger partial charge in [0, 0.05) is 25.8 Å². The number of aliphatic hydroxyl groups is 1. The highest BCUT2D eigenvalue weighted by Gasteiger charge is 2.17. The third kappa shape index (κ3) is 4.27. The highest BCUT2D eigenvalue weighted by atomic mass is 32.2. The van der Waals surface area contributed by atoms with Gasteiger partial charge in [0.25, 0.3) is 0 Å². The van der Waals surface area contributed by atoms with Crippen LogP contribution in [0.2, 0.25) is 0 Å². The van der Waals surface area contributed by atoms with Crippen molar-refractivity contribution in [2.45, 2.75) is 30.3 Å². The Kier molecular flexibility index (Phi) is 4.92. The molecule has 0 radical (unpaired) electrons. The third-order valence-corrected chi connectivity index (χ3v) is 4.71. The molecule has 0 aliphatic carbocycles. The van der Waals surface area contributed by atoms with Gasteiger partial charge in [-0.05, 0) is 25.8 Å². The summed E-state index contributed by atoms with van der Waals surface area (Å²) >= 11 is 0. The number of rotatable bonds is 6. The molecule has 2 heterocycles. The number of aromatic amines is 1. The van der Waals surface area contributed by atoms with E-state index in [4.69, 9.17) is 0 Å². The molecule has 0 aromatic carbocycles. The Bertz CT molecular complexity index is 466. The second-order valence-electron chi connectivity index (χ2n) is 4.76. The van der Waals surface area contributed by atoms with Crippen molar-refractivity contribution in [3.8, 4) is 0 Å². The monoisotopic (exact) mass is 288 g/mol. The molecule has 0 spiro atoms. The van der Waals surface area contributed by atoms with Gasteiger partial charge in [0.05, 0.1) is 12.3 Å². The summed E-state index contributed by atoms with van der Waals surface area (Å²) in [5.74, 6) is 0. The topological polar surface area (TPSA) is 98.3 Å². The number of likely N-dealkylation sites (tertiary alicyclic amines) is 1. The van der Waals surface area contributed by atoms with Crippen LogP contribution in [0, 0.1) is 0 Å². The molecule has 1 aliphatic rings. The standard InChI is InChI=1S/C11H20N4O3S/c16-10-2-6-15(7-3-10)5-1-4-14-19(17,18)11-8-12-13-9-11/h8-10,14,16H,1-7H2,(H,12,13). The molecule has 2 rings (SSSR count). The van der Waals surface area contributed by atoms with Gasteiger partial charge in [-0.1, -0.05) is 0 Å². The summed E-state index contributed by atoms with van der Waals surface area (Å²) in [4.78, 5) is 2.41. The van der Waals surface area contributed by atoms with Gasteiger partial charge in [0.15, 0.2) is 0 Å². The summed E-state index contributed by atoms with van der Waals surface area (Å²) in [5.41, 5.74) is 0. The van der Waals surface area contributed by atoms with Crippen LogP contribution in [0.5, 0.6) is 0 Å². The molecule has 3 N–H and O–H groups in total. The molecule has 0 saturated carbocycles. The summed E-state index contributed by atoms with van der Waals surface area (Å²) in [6, 6.07) is 0. The first-order chi connectivity index (χ1) is 9.08. The number of sulfonamides is 1. The number of aromatic nitrogens is 2. The lowest BCUT2D eigenvalue weighted by molar-refractivity contribution is 0.0823. The van der Waals surface area contributed by atoms with Crippen molar-refractivity contribution in [2.24, 2.45) is 0 Å². The van der Waals surface area contributed by atoms with Crippen molar-refractivity contribution in [3.05, 3.63) is 12.4 Å². The molecule has 1 saturated heterocycles. The van der Waals surface area contributed by atoms with Crippen LogP contribution < -0.4 is 4.72 Å². The second kappa shape index (κ2) is 6.47. The Morgan fingerprint density at radius 2 is 2.21 bits per heavy atom. The largest absolute Gasteiger partial charge is 0.393 e. The third-order valence-electron chi connectivity index (χ3n) is 3.28. The molecule has 1 aliphatic heterocycles. The summed E-state index contributed by atoms with van der Waals surface area (Å²) in [6.45, 7) is 3.03. The summed E-state index contributed by atoms with van der Waals surface area (Å²) < 4.78 is 26.1. The molecule has 1 aromatic rings.